The van der Waals surface area contributed by atoms with E-state index in [4.69, 9.17) is 9.79 Å². The van der Waals surface area contributed by atoms with Crippen molar-refractivity contribution in [1.82, 2.24) is 20.3 Å². The van der Waals surface area contributed by atoms with Crippen LogP contribution in [0, 0.1) is 0 Å². The Labute approximate surface area is 141 Å². The molecule has 0 radical (unpaired) electrons. The Bertz CT molecular complexity index is 795. The molecule has 4 atom stereocenters. The van der Waals surface area contributed by atoms with Crippen LogP contribution in [0.2, 0.25) is 0 Å². The summed E-state index contributed by atoms with van der Waals surface area (Å²) in [5.74, 6) is 0.247. The number of rotatable bonds is 6. The number of phosphoric acid groups is 1. The number of aliphatic hydroxyl groups is 3. The van der Waals surface area contributed by atoms with Crippen LogP contribution in [-0.2, 0) is 9.09 Å². The first-order valence-electron chi connectivity index (χ1n) is 7.31. The number of H-pyrrole nitrogens is 1. The van der Waals surface area contributed by atoms with E-state index in [9.17, 15) is 19.9 Å². The molecule has 1 aliphatic heterocycles. The lowest BCUT2D eigenvalue weighted by atomic mass is 10.0. The van der Waals surface area contributed by atoms with E-state index in [1.165, 1.54) is 6.33 Å². The summed E-state index contributed by atoms with van der Waals surface area (Å²) in [5, 5.41) is 34.9. The summed E-state index contributed by atoms with van der Waals surface area (Å²) in [5.41, 5.74) is 1.43. The SMILES string of the molecule is O=P(O)(O)OCNc1ncnc2c(C3NC(CO)C(O)C3O)c[nH]c12. The summed E-state index contributed by atoms with van der Waals surface area (Å²) < 4.78 is 15.0. The molecule has 2 aromatic rings. The number of fused-ring (bicyclic) bond motifs is 1. The molecule has 0 spiro atoms. The standard InChI is InChI=1S/C12H18N5O7P/c18-2-6-10(19)11(20)8(17-6)5-1-13-9-7(5)14-3-15-12(9)16-4-24-25(21,22)23/h1,3,6,8,10-11,13,17-20H,2,4H2,(H,14,15,16)(H2,21,22,23). The quantitative estimate of drug-likeness (QED) is 0.209. The molecule has 25 heavy (non-hydrogen) atoms. The molecule has 0 bridgehead atoms. The summed E-state index contributed by atoms with van der Waals surface area (Å²) >= 11 is 0. The fourth-order valence-corrected chi connectivity index (χ4v) is 3.05. The number of nitrogens with one attached hydrogen (secondary N) is 3. The molecule has 0 saturated carbocycles. The van der Waals surface area contributed by atoms with Crippen LogP contribution < -0.4 is 10.6 Å². The van der Waals surface area contributed by atoms with Crippen LogP contribution in [0.1, 0.15) is 11.6 Å². The minimum absolute atomic E-state index is 0.247. The van der Waals surface area contributed by atoms with E-state index in [1.54, 1.807) is 6.20 Å². The maximum atomic E-state index is 10.7. The Hall–Kier alpha value is -1.63. The monoisotopic (exact) mass is 375 g/mol. The van der Waals surface area contributed by atoms with Crippen LogP contribution in [0.3, 0.4) is 0 Å². The Morgan fingerprint density at radius 3 is 2.68 bits per heavy atom. The predicted octanol–water partition coefficient (Wildman–Crippen LogP) is -1.84. The molecule has 0 aliphatic carbocycles. The van der Waals surface area contributed by atoms with E-state index < -0.39 is 38.8 Å². The summed E-state index contributed by atoms with van der Waals surface area (Å²) in [4.78, 5) is 28.4. The number of aromatic nitrogens is 3. The number of aliphatic hydroxyl groups excluding tert-OH is 3. The van der Waals surface area contributed by atoms with Crippen molar-refractivity contribution >= 4 is 24.7 Å². The van der Waals surface area contributed by atoms with E-state index >= 15 is 0 Å². The van der Waals surface area contributed by atoms with E-state index in [2.05, 4.69) is 30.1 Å². The van der Waals surface area contributed by atoms with Gasteiger partial charge in [-0.1, -0.05) is 0 Å². The lowest BCUT2D eigenvalue weighted by Gasteiger charge is -2.15. The smallest absolute Gasteiger partial charge is 0.395 e. The van der Waals surface area contributed by atoms with Gasteiger partial charge in [0.05, 0.1) is 30.3 Å². The van der Waals surface area contributed by atoms with Crippen LogP contribution >= 0.6 is 7.82 Å². The number of hydrogen-bond donors (Lipinski definition) is 8. The summed E-state index contributed by atoms with van der Waals surface area (Å²) in [6.45, 7) is -0.807. The van der Waals surface area contributed by atoms with Crippen molar-refractivity contribution in [3.05, 3.63) is 18.1 Å². The molecule has 3 rings (SSSR count). The van der Waals surface area contributed by atoms with Gasteiger partial charge in [0.25, 0.3) is 0 Å². The molecule has 1 fully saturated rings. The summed E-state index contributed by atoms with van der Waals surface area (Å²) in [6.07, 6.45) is 0.541. The van der Waals surface area contributed by atoms with Crippen molar-refractivity contribution in [2.45, 2.75) is 24.3 Å². The third kappa shape index (κ3) is 3.66. The van der Waals surface area contributed by atoms with Crippen LogP contribution in [0.25, 0.3) is 11.0 Å². The lowest BCUT2D eigenvalue weighted by Crippen LogP contribution is -2.35. The van der Waals surface area contributed by atoms with Crippen molar-refractivity contribution in [3.63, 3.8) is 0 Å². The maximum Gasteiger partial charge on any atom is 0.471 e. The van der Waals surface area contributed by atoms with Crippen LogP contribution in [0.5, 0.6) is 0 Å². The minimum atomic E-state index is -4.61. The Balaban J connectivity index is 1.85. The molecule has 3 heterocycles. The highest BCUT2D eigenvalue weighted by Gasteiger charge is 2.42. The largest absolute Gasteiger partial charge is 0.471 e. The lowest BCUT2D eigenvalue weighted by molar-refractivity contribution is 0.0196. The van der Waals surface area contributed by atoms with Gasteiger partial charge >= 0.3 is 7.82 Å². The number of hydrogen-bond acceptors (Lipinski definition) is 9. The second-order valence-corrected chi connectivity index (χ2v) is 6.78. The third-order valence-corrected chi connectivity index (χ3v) is 4.46. The first kappa shape index (κ1) is 18.2. The predicted molar refractivity (Wildman–Crippen MR) is 84.3 cm³/mol. The summed E-state index contributed by atoms with van der Waals surface area (Å²) in [6, 6.07) is -1.32. The molecule has 13 heteroatoms. The second kappa shape index (κ2) is 6.94. The Morgan fingerprint density at radius 2 is 2.04 bits per heavy atom. The highest BCUT2D eigenvalue weighted by molar-refractivity contribution is 7.46. The third-order valence-electron chi connectivity index (χ3n) is 3.99. The highest BCUT2D eigenvalue weighted by Crippen LogP contribution is 2.36. The van der Waals surface area contributed by atoms with Gasteiger partial charge in [-0.25, -0.2) is 14.5 Å². The van der Waals surface area contributed by atoms with Crippen molar-refractivity contribution < 1.29 is 34.2 Å². The molecule has 138 valence electrons. The molecule has 0 aromatic carbocycles. The van der Waals surface area contributed by atoms with Crippen LogP contribution in [-0.4, -0.2) is 71.6 Å². The average Bonchev–Trinajstić information content (AvgIpc) is 3.09. The van der Waals surface area contributed by atoms with Gasteiger partial charge in [-0.3, -0.25) is 4.52 Å². The Kier molecular flexibility index (Phi) is 5.04. The van der Waals surface area contributed by atoms with Gasteiger partial charge in [0.15, 0.2) is 5.82 Å². The zero-order valence-electron chi connectivity index (χ0n) is 12.8. The fraction of sp³-hybridized carbons (Fsp3) is 0.500. The number of nitrogens with zero attached hydrogens (tertiary/aromatic N) is 2. The number of phosphoric ester groups is 1. The minimum Gasteiger partial charge on any atom is -0.395 e. The van der Waals surface area contributed by atoms with Crippen molar-refractivity contribution in [3.8, 4) is 0 Å². The fourth-order valence-electron chi connectivity index (χ4n) is 2.81. The van der Waals surface area contributed by atoms with Gasteiger partial charge in [-0.2, -0.15) is 0 Å². The molecular weight excluding hydrogens is 357 g/mol. The maximum absolute atomic E-state index is 10.7. The first-order chi connectivity index (χ1) is 11.8. The van der Waals surface area contributed by atoms with Gasteiger partial charge in [-0.05, 0) is 0 Å². The highest BCUT2D eigenvalue weighted by atomic mass is 31.2. The van der Waals surface area contributed by atoms with Crippen molar-refractivity contribution in [1.29, 1.82) is 0 Å². The van der Waals surface area contributed by atoms with Gasteiger partial charge in [-0.15, -0.1) is 0 Å². The van der Waals surface area contributed by atoms with Gasteiger partial charge in [0.1, 0.15) is 24.7 Å². The molecule has 1 aliphatic rings. The summed E-state index contributed by atoms with van der Waals surface area (Å²) in [7, 11) is -4.61. The molecular formula is C12H18N5O7P. The van der Waals surface area contributed by atoms with Crippen molar-refractivity contribution in [2.24, 2.45) is 0 Å². The van der Waals surface area contributed by atoms with E-state index in [1.807, 2.05) is 0 Å². The van der Waals surface area contributed by atoms with E-state index in [0.29, 0.717) is 16.6 Å². The van der Waals surface area contributed by atoms with Gasteiger partial charge in [0.2, 0.25) is 0 Å². The molecule has 4 unspecified atom stereocenters. The average molecular weight is 375 g/mol. The van der Waals surface area contributed by atoms with Gasteiger partial charge in [0, 0.05) is 11.8 Å². The molecule has 8 N–H and O–H groups in total. The van der Waals surface area contributed by atoms with E-state index in [-0.39, 0.29) is 12.4 Å². The molecule has 2 aromatic heterocycles. The Morgan fingerprint density at radius 1 is 1.28 bits per heavy atom. The first-order valence-corrected chi connectivity index (χ1v) is 8.84. The zero-order valence-corrected chi connectivity index (χ0v) is 13.7. The van der Waals surface area contributed by atoms with E-state index in [0.717, 1.165) is 0 Å². The molecule has 1 saturated heterocycles. The molecule has 0 amide bonds. The second-order valence-electron chi connectivity index (χ2n) is 5.55. The molecule has 12 nitrogen and oxygen atoms in total. The number of aromatic amines is 1. The van der Waals surface area contributed by atoms with Crippen LogP contribution in [0.15, 0.2) is 12.5 Å². The number of anilines is 1. The topological polar surface area (TPSA) is 193 Å². The van der Waals surface area contributed by atoms with Crippen molar-refractivity contribution in [2.75, 3.05) is 18.7 Å². The zero-order chi connectivity index (χ0) is 18.2. The van der Waals surface area contributed by atoms with Gasteiger partial charge < -0.3 is 40.7 Å². The normalized spacial score (nSPS) is 27.1. The van der Waals surface area contributed by atoms with Crippen LogP contribution in [0.4, 0.5) is 5.82 Å².